The highest BCUT2D eigenvalue weighted by molar-refractivity contribution is 5.80. The van der Waals surface area contributed by atoms with E-state index in [0.29, 0.717) is 31.9 Å². The molecule has 2 aliphatic rings. The summed E-state index contributed by atoms with van der Waals surface area (Å²) in [5, 5.41) is 0. The topological polar surface area (TPSA) is 49.9 Å². The lowest BCUT2D eigenvalue weighted by atomic mass is 9.88. The standard InChI is InChI=1S/C19H25FN2O3/c20-16-6-8-17(9-7-16)25-14-18(23)21-10-12-22(13-11-21)19(24)15-4-2-1-3-5-15/h6-9,15H,1-5,10-14H2. The van der Waals surface area contributed by atoms with Gasteiger partial charge in [-0.05, 0) is 37.1 Å². The maximum Gasteiger partial charge on any atom is 0.260 e. The van der Waals surface area contributed by atoms with Crippen LogP contribution < -0.4 is 4.74 Å². The van der Waals surface area contributed by atoms with Gasteiger partial charge in [0.2, 0.25) is 5.91 Å². The van der Waals surface area contributed by atoms with Crippen LogP contribution in [0.5, 0.6) is 5.75 Å². The molecule has 1 aliphatic carbocycles. The maximum atomic E-state index is 12.8. The monoisotopic (exact) mass is 348 g/mol. The van der Waals surface area contributed by atoms with Gasteiger partial charge in [0.25, 0.3) is 5.91 Å². The molecule has 25 heavy (non-hydrogen) atoms. The number of piperazine rings is 1. The Morgan fingerprint density at radius 1 is 0.960 bits per heavy atom. The highest BCUT2D eigenvalue weighted by Gasteiger charge is 2.29. The Kier molecular flexibility index (Phi) is 5.89. The van der Waals surface area contributed by atoms with E-state index in [-0.39, 0.29) is 30.2 Å². The molecule has 0 bridgehead atoms. The Balaban J connectivity index is 1.42. The molecule has 2 fully saturated rings. The largest absolute Gasteiger partial charge is 0.484 e. The fourth-order valence-corrected chi connectivity index (χ4v) is 3.55. The highest BCUT2D eigenvalue weighted by atomic mass is 19.1. The minimum absolute atomic E-state index is 0.0673. The van der Waals surface area contributed by atoms with Crippen molar-refractivity contribution in [2.45, 2.75) is 32.1 Å². The summed E-state index contributed by atoms with van der Waals surface area (Å²) in [5.41, 5.74) is 0. The molecule has 5 nitrogen and oxygen atoms in total. The molecule has 0 unspecified atom stereocenters. The van der Waals surface area contributed by atoms with Crippen LogP contribution >= 0.6 is 0 Å². The van der Waals surface area contributed by atoms with Crippen molar-refractivity contribution in [3.8, 4) is 5.75 Å². The third-order valence-electron chi connectivity index (χ3n) is 5.07. The summed E-state index contributed by atoms with van der Waals surface area (Å²) in [4.78, 5) is 28.4. The van der Waals surface area contributed by atoms with Crippen molar-refractivity contribution >= 4 is 11.8 Å². The Morgan fingerprint density at radius 3 is 2.20 bits per heavy atom. The van der Waals surface area contributed by atoms with Crippen molar-refractivity contribution < 1.29 is 18.7 Å². The van der Waals surface area contributed by atoms with Crippen LogP contribution in [0.3, 0.4) is 0 Å². The molecule has 0 atom stereocenters. The van der Waals surface area contributed by atoms with Gasteiger partial charge >= 0.3 is 0 Å². The average molecular weight is 348 g/mol. The van der Waals surface area contributed by atoms with Crippen molar-refractivity contribution in [2.24, 2.45) is 5.92 Å². The molecule has 1 aromatic carbocycles. The van der Waals surface area contributed by atoms with Gasteiger partial charge in [-0.1, -0.05) is 19.3 Å². The Morgan fingerprint density at radius 2 is 1.56 bits per heavy atom. The van der Waals surface area contributed by atoms with Gasteiger partial charge in [0.1, 0.15) is 11.6 Å². The molecule has 1 saturated carbocycles. The van der Waals surface area contributed by atoms with Crippen molar-refractivity contribution in [2.75, 3.05) is 32.8 Å². The van der Waals surface area contributed by atoms with Gasteiger partial charge in [0.05, 0.1) is 0 Å². The predicted molar refractivity (Wildman–Crippen MR) is 91.6 cm³/mol. The zero-order chi connectivity index (χ0) is 17.6. The van der Waals surface area contributed by atoms with Crippen LogP contribution in [-0.4, -0.2) is 54.4 Å². The zero-order valence-electron chi connectivity index (χ0n) is 14.5. The molecular weight excluding hydrogens is 323 g/mol. The van der Waals surface area contributed by atoms with Crippen molar-refractivity contribution in [3.63, 3.8) is 0 Å². The SMILES string of the molecule is O=C(COc1ccc(F)cc1)N1CCN(C(=O)C2CCCCC2)CC1. The van der Waals surface area contributed by atoms with Crippen LogP contribution in [0.2, 0.25) is 0 Å². The first-order chi connectivity index (χ1) is 12.1. The Hall–Kier alpha value is -2.11. The number of halogens is 1. The molecule has 0 radical (unpaired) electrons. The molecule has 0 aromatic heterocycles. The minimum atomic E-state index is -0.336. The molecule has 1 aliphatic heterocycles. The quantitative estimate of drug-likeness (QED) is 0.840. The first kappa shape index (κ1) is 17.7. The van der Waals surface area contributed by atoms with E-state index in [1.54, 1.807) is 4.90 Å². The third-order valence-corrected chi connectivity index (χ3v) is 5.07. The van der Waals surface area contributed by atoms with Gasteiger partial charge in [-0.25, -0.2) is 4.39 Å². The van der Waals surface area contributed by atoms with Crippen LogP contribution in [0.15, 0.2) is 24.3 Å². The minimum Gasteiger partial charge on any atom is -0.484 e. The van der Waals surface area contributed by atoms with Crippen molar-refractivity contribution in [3.05, 3.63) is 30.1 Å². The number of hydrogen-bond donors (Lipinski definition) is 0. The van der Waals surface area contributed by atoms with Crippen LogP contribution in [0.4, 0.5) is 4.39 Å². The molecule has 3 rings (SSSR count). The molecule has 6 heteroatoms. The predicted octanol–water partition coefficient (Wildman–Crippen LogP) is 2.46. The fraction of sp³-hybridized carbons (Fsp3) is 0.579. The molecule has 136 valence electrons. The van der Waals surface area contributed by atoms with Crippen LogP contribution in [0.1, 0.15) is 32.1 Å². The fourth-order valence-electron chi connectivity index (χ4n) is 3.55. The first-order valence-electron chi connectivity index (χ1n) is 9.08. The van der Waals surface area contributed by atoms with Gasteiger partial charge in [-0.15, -0.1) is 0 Å². The van der Waals surface area contributed by atoms with Crippen molar-refractivity contribution in [1.82, 2.24) is 9.80 Å². The molecule has 2 amide bonds. The van der Waals surface area contributed by atoms with E-state index in [9.17, 15) is 14.0 Å². The normalized spacial score (nSPS) is 18.9. The maximum absolute atomic E-state index is 12.8. The smallest absolute Gasteiger partial charge is 0.260 e. The lowest BCUT2D eigenvalue weighted by Gasteiger charge is -2.37. The summed E-state index contributed by atoms with van der Waals surface area (Å²) in [7, 11) is 0. The second-order valence-corrected chi connectivity index (χ2v) is 6.78. The van der Waals surface area contributed by atoms with E-state index in [4.69, 9.17) is 4.74 Å². The lowest BCUT2D eigenvalue weighted by molar-refractivity contribution is -0.143. The summed E-state index contributed by atoms with van der Waals surface area (Å²) in [5.74, 6) is 0.472. The number of carbonyl (C=O) groups is 2. The number of carbonyl (C=O) groups excluding carboxylic acids is 2. The Labute approximate surface area is 147 Å². The number of benzene rings is 1. The van der Waals surface area contributed by atoms with E-state index in [2.05, 4.69) is 0 Å². The molecular formula is C19H25FN2O3. The number of hydrogen-bond acceptors (Lipinski definition) is 3. The lowest BCUT2D eigenvalue weighted by Crippen LogP contribution is -2.53. The number of ether oxygens (including phenoxy) is 1. The van der Waals surface area contributed by atoms with Gasteiger partial charge in [-0.3, -0.25) is 9.59 Å². The van der Waals surface area contributed by atoms with Crippen molar-refractivity contribution in [1.29, 1.82) is 0 Å². The highest BCUT2D eigenvalue weighted by Crippen LogP contribution is 2.25. The summed E-state index contributed by atoms with van der Waals surface area (Å²) < 4.78 is 18.3. The zero-order valence-corrected chi connectivity index (χ0v) is 14.5. The van der Waals surface area contributed by atoms with E-state index in [0.717, 1.165) is 25.7 Å². The van der Waals surface area contributed by atoms with E-state index in [1.165, 1.54) is 30.7 Å². The second-order valence-electron chi connectivity index (χ2n) is 6.78. The van der Waals surface area contributed by atoms with E-state index >= 15 is 0 Å². The van der Waals surface area contributed by atoms with Crippen LogP contribution in [-0.2, 0) is 9.59 Å². The van der Waals surface area contributed by atoms with E-state index in [1.807, 2.05) is 4.90 Å². The number of rotatable bonds is 4. The van der Waals surface area contributed by atoms with Crippen LogP contribution in [0, 0.1) is 11.7 Å². The summed E-state index contributed by atoms with van der Waals surface area (Å²) >= 11 is 0. The van der Waals surface area contributed by atoms with Gasteiger partial charge < -0.3 is 14.5 Å². The van der Waals surface area contributed by atoms with Gasteiger partial charge in [0.15, 0.2) is 6.61 Å². The summed E-state index contributed by atoms with van der Waals surface area (Å²) in [6.07, 6.45) is 5.54. The average Bonchev–Trinajstić information content (AvgIpc) is 2.67. The molecule has 1 aromatic rings. The molecule has 0 N–H and O–H groups in total. The first-order valence-corrected chi connectivity index (χ1v) is 9.08. The van der Waals surface area contributed by atoms with Gasteiger partial charge in [-0.2, -0.15) is 0 Å². The van der Waals surface area contributed by atoms with Gasteiger partial charge in [0, 0.05) is 32.1 Å². The summed E-state index contributed by atoms with van der Waals surface area (Å²) in [6, 6.07) is 5.61. The Bertz CT molecular complexity index is 591. The number of nitrogens with zero attached hydrogens (tertiary/aromatic N) is 2. The third kappa shape index (κ3) is 4.71. The molecule has 1 saturated heterocycles. The molecule has 0 spiro atoms. The molecule has 1 heterocycles. The van der Waals surface area contributed by atoms with Crippen LogP contribution in [0.25, 0.3) is 0 Å². The summed E-state index contributed by atoms with van der Waals surface area (Å²) in [6.45, 7) is 2.21. The second kappa shape index (κ2) is 8.32. The van der Waals surface area contributed by atoms with E-state index < -0.39 is 0 Å². The number of amides is 2.